The monoisotopic (exact) mass is 339 g/mol. The number of anilines is 1. The summed E-state index contributed by atoms with van der Waals surface area (Å²) in [7, 11) is 0. The molecule has 1 N–H and O–H groups in total. The number of hydrogen-bond acceptors (Lipinski definition) is 6. The highest BCUT2D eigenvalue weighted by atomic mass is 16.6. The van der Waals surface area contributed by atoms with Crippen LogP contribution in [0.4, 0.5) is 11.4 Å². The molecule has 1 amide bonds. The second-order valence-corrected chi connectivity index (χ2v) is 4.93. The van der Waals surface area contributed by atoms with Crippen LogP contribution in [0, 0.1) is 21.4 Å². The molecule has 2 aromatic rings. The fourth-order valence-electron chi connectivity index (χ4n) is 2.01. The van der Waals surface area contributed by atoms with Crippen molar-refractivity contribution in [2.24, 2.45) is 0 Å². The molecule has 0 bridgehead atoms. The van der Waals surface area contributed by atoms with Gasteiger partial charge in [0.1, 0.15) is 5.56 Å². The molecule has 0 saturated carbocycles. The Morgan fingerprint density at radius 1 is 1.16 bits per heavy atom. The molecular weight excluding hydrogens is 326 g/mol. The van der Waals surface area contributed by atoms with Crippen LogP contribution in [0.15, 0.2) is 48.5 Å². The summed E-state index contributed by atoms with van der Waals surface area (Å²) >= 11 is 0. The maximum atomic E-state index is 11.9. The van der Waals surface area contributed by atoms with Crippen molar-refractivity contribution in [1.29, 1.82) is 5.26 Å². The van der Waals surface area contributed by atoms with Crippen LogP contribution in [0.3, 0.4) is 0 Å². The fraction of sp³-hybridized carbons (Fsp3) is 0.118. The lowest BCUT2D eigenvalue weighted by Crippen LogP contribution is -2.21. The van der Waals surface area contributed by atoms with E-state index in [1.54, 1.807) is 24.3 Å². The first-order valence-corrected chi connectivity index (χ1v) is 7.17. The van der Waals surface area contributed by atoms with Crippen LogP contribution in [-0.2, 0) is 16.0 Å². The second kappa shape index (κ2) is 8.21. The van der Waals surface area contributed by atoms with Gasteiger partial charge in [0.15, 0.2) is 6.61 Å². The fourth-order valence-corrected chi connectivity index (χ4v) is 2.01. The molecule has 8 heteroatoms. The van der Waals surface area contributed by atoms with Crippen molar-refractivity contribution in [3.8, 4) is 6.07 Å². The Labute approximate surface area is 142 Å². The summed E-state index contributed by atoms with van der Waals surface area (Å²) in [5, 5.41) is 22.0. The van der Waals surface area contributed by atoms with E-state index in [-0.39, 0.29) is 17.7 Å². The molecule has 0 heterocycles. The summed E-state index contributed by atoms with van der Waals surface area (Å²) < 4.78 is 4.82. The number of nitro groups is 1. The third-order valence-corrected chi connectivity index (χ3v) is 3.18. The Hall–Kier alpha value is -3.73. The molecule has 0 unspecified atom stereocenters. The molecule has 126 valence electrons. The summed E-state index contributed by atoms with van der Waals surface area (Å²) in [5.41, 5.74) is 0.680. The minimum atomic E-state index is -0.952. The summed E-state index contributed by atoms with van der Waals surface area (Å²) in [5.74, 6) is -1.54. The third kappa shape index (κ3) is 4.87. The van der Waals surface area contributed by atoms with Gasteiger partial charge < -0.3 is 10.1 Å². The molecule has 0 aliphatic carbocycles. The van der Waals surface area contributed by atoms with Gasteiger partial charge >= 0.3 is 5.97 Å². The normalized spacial score (nSPS) is 9.72. The zero-order valence-electron chi connectivity index (χ0n) is 13.0. The van der Waals surface area contributed by atoms with Crippen LogP contribution in [0.2, 0.25) is 0 Å². The molecule has 0 spiro atoms. The first-order valence-electron chi connectivity index (χ1n) is 7.17. The molecule has 0 aromatic heterocycles. The van der Waals surface area contributed by atoms with Gasteiger partial charge in [-0.25, -0.2) is 4.79 Å². The molecule has 0 atom stereocenters. The van der Waals surface area contributed by atoms with Gasteiger partial charge in [-0.05, 0) is 23.8 Å². The van der Waals surface area contributed by atoms with E-state index in [4.69, 9.17) is 10.00 Å². The van der Waals surface area contributed by atoms with Crippen LogP contribution in [0.5, 0.6) is 0 Å². The van der Waals surface area contributed by atoms with Crippen molar-refractivity contribution in [3.05, 3.63) is 69.8 Å². The van der Waals surface area contributed by atoms with Gasteiger partial charge in [0.05, 0.1) is 17.4 Å². The molecule has 25 heavy (non-hydrogen) atoms. The molecule has 0 aliphatic rings. The summed E-state index contributed by atoms with van der Waals surface area (Å²) in [4.78, 5) is 33.9. The van der Waals surface area contributed by atoms with Crippen molar-refractivity contribution >= 4 is 23.3 Å². The lowest BCUT2D eigenvalue weighted by atomic mass is 10.1. The quantitative estimate of drug-likeness (QED) is 0.490. The van der Waals surface area contributed by atoms with Crippen molar-refractivity contribution in [2.75, 3.05) is 11.9 Å². The smallest absolute Gasteiger partial charge is 0.345 e. The van der Waals surface area contributed by atoms with Crippen molar-refractivity contribution in [3.63, 3.8) is 0 Å². The standard InChI is InChI=1S/C17H13N3O5/c18-10-9-12-5-7-13(8-6-12)19-16(21)11-25-17(22)14-3-1-2-4-15(14)20(23)24/h1-8H,9,11H2,(H,19,21). The zero-order chi connectivity index (χ0) is 18.2. The number of esters is 1. The highest BCUT2D eigenvalue weighted by molar-refractivity contribution is 5.97. The largest absolute Gasteiger partial charge is 0.452 e. The minimum absolute atomic E-state index is 0.221. The Morgan fingerprint density at radius 2 is 1.84 bits per heavy atom. The highest BCUT2D eigenvalue weighted by Crippen LogP contribution is 2.18. The summed E-state index contributed by atoms with van der Waals surface area (Å²) in [6.45, 7) is -0.579. The Bertz CT molecular complexity index is 840. The van der Waals surface area contributed by atoms with Crippen LogP contribution in [0.25, 0.3) is 0 Å². The number of ether oxygens (including phenoxy) is 1. The molecule has 0 saturated heterocycles. The average Bonchev–Trinajstić information content (AvgIpc) is 2.61. The van der Waals surface area contributed by atoms with Crippen LogP contribution < -0.4 is 5.32 Å². The van der Waals surface area contributed by atoms with E-state index >= 15 is 0 Å². The van der Waals surface area contributed by atoms with Crippen LogP contribution >= 0.6 is 0 Å². The van der Waals surface area contributed by atoms with Crippen molar-refractivity contribution in [1.82, 2.24) is 0 Å². The van der Waals surface area contributed by atoms with Crippen molar-refractivity contribution in [2.45, 2.75) is 6.42 Å². The number of nitrogens with zero attached hydrogens (tertiary/aromatic N) is 2. The highest BCUT2D eigenvalue weighted by Gasteiger charge is 2.21. The number of carbonyl (C=O) groups excluding carboxylic acids is 2. The van der Waals surface area contributed by atoms with E-state index in [0.29, 0.717) is 5.69 Å². The number of carbonyl (C=O) groups is 2. The van der Waals surface area contributed by atoms with E-state index in [9.17, 15) is 19.7 Å². The van der Waals surface area contributed by atoms with Gasteiger partial charge in [0.2, 0.25) is 0 Å². The van der Waals surface area contributed by atoms with Gasteiger partial charge in [0.25, 0.3) is 11.6 Å². The first-order chi connectivity index (χ1) is 12.0. The molecule has 0 radical (unpaired) electrons. The van der Waals surface area contributed by atoms with E-state index in [2.05, 4.69) is 5.32 Å². The van der Waals surface area contributed by atoms with Gasteiger partial charge in [-0.3, -0.25) is 14.9 Å². The van der Waals surface area contributed by atoms with Gasteiger partial charge in [-0.2, -0.15) is 5.26 Å². The molecule has 2 rings (SSSR count). The SMILES string of the molecule is N#CCc1ccc(NC(=O)COC(=O)c2ccccc2[N+](=O)[O-])cc1. The number of nitrogens with one attached hydrogen (secondary N) is 1. The molecule has 2 aromatic carbocycles. The zero-order valence-corrected chi connectivity index (χ0v) is 13.0. The number of para-hydroxylation sites is 1. The molecular formula is C17H13N3O5. The molecule has 0 aliphatic heterocycles. The van der Waals surface area contributed by atoms with E-state index in [0.717, 1.165) is 5.56 Å². The predicted octanol–water partition coefficient (Wildman–Crippen LogP) is 2.46. The number of nitriles is 1. The summed E-state index contributed by atoms with van der Waals surface area (Å²) in [6.07, 6.45) is 0.266. The Kier molecular flexibility index (Phi) is 5.79. The number of rotatable bonds is 6. The van der Waals surface area contributed by atoms with E-state index in [1.165, 1.54) is 24.3 Å². The lowest BCUT2D eigenvalue weighted by Gasteiger charge is -2.07. The third-order valence-electron chi connectivity index (χ3n) is 3.18. The first kappa shape index (κ1) is 17.6. The van der Waals surface area contributed by atoms with Gasteiger partial charge in [-0.1, -0.05) is 24.3 Å². The predicted molar refractivity (Wildman–Crippen MR) is 87.8 cm³/mol. The van der Waals surface area contributed by atoms with Crippen LogP contribution in [0.1, 0.15) is 15.9 Å². The van der Waals surface area contributed by atoms with E-state index < -0.39 is 23.4 Å². The van der Waals surface area contributed by atoms with E-state index in [1.807, 2.05) is 6.07 Å². The van der Waals surface area contributed by atoms with Gasteiger partial charge in [-0.15, -0.1) is 0 Å². The number of amides is 1. The maximum Gasteiger partial charge on any atom is 0.345 e. The van der Waals surface area contributed by atoms with Crippen LogP contribution in [-0.4, -0.2) is 23.4 Å². The Balaban J connectivity index is 1.93. The van der Waals surface area contributed by atoms with Crippen molar-refractivity contribution < 1.29 is 19.2 Å². The second-order valence-electron chi connectivity index (χ2n) is 4.93. The lowest BCUT2D eigenvalue weighted by molar-refractivity contribution is -0.385. The molecule has 8 nitrogen and oxygen atoms in total. The minimum Gasteiger partial charge on any atom is -0.452 e. The topological polar surface area (TPSA) is 122 Å². The number of hydrogen-bond donors (Lipinski definition) is 1. The maximum absolute atomic E-state index is 11.9. The average molecular weight is 339 g/mol. The Morgan fingerprint density at radius 3 is 2.48 bits per heavy atom. The number of nitro benzene ring substituents is 1. The summed E-state index contributed by atoms with van der Waals surface area (Å²) in [6, 6.07) is 14.0. The number of benzene rings is 2. The molecule has 0 fully saturated rings. The van der Waals surface area contributed by atoms with Gasteiger partial charge in [0, 0.05) is 11.8 Å².